The first-order valence-corrected chi connectivity index (χ1v) is 7.62. The third-order valence-corrected chi connectivity index (χ3v) is 3.60. The van der Waals surface area contributed by atoms with Crippen molar-refractivity contribution < 1.29 is 27.4 Å². The molecule has 0 radical (unpaired) electrons. The fourth-order valence-electron chi connectivity index (χ4n) is 1.39. The van der Waals surface area contributed by atoms with Crippen molar-refractivity contribution >= 4 is 44.5 Å². The van der Waals surface area contributed by atoms with Gasteiger partial charge in [-0.2, -0.15) is 0 Å². The molecule has 4 nitrogen and oxygen atoms in total. The Morgan fingerprint density at radius 3 is 2.65 bits per heavy atom. The van der Waals surface area contributed by atoms with Gasteiger partial charge in [-0.15, -0.1) is 13.2 Å². The smallest absolute Gasteiger partial charge is 0.466 e. The van der Waals surface area contributed by atoms with Crippen LogP contribution < -0.4 is 4.74 Å². The van der Waals surface area contributed by atoms with Gasteiger partial charge in [-0.25, -0.2) is 4.98 Å². The van der Waals surface area contributed by atoms with E-state index in [1.165, 1.54) is 0 Å². The summed E-state index contributed by atoms with van der Waals surface area (Å²) in [7, 11) is 0. The Kier molecular flexibility index (Phi) is 6.49. The van der Waals surface area contributed by atoms with Crippen LogP contribution in [0.1, 0.15) is 18.2 Å². The van der Waals surface area contributed by atoms with E-state index in [-0.39, 0.29) is 18.4 Å². The molecule has 1 rings (SSSR count). The molecule has 9 heteroatoms. The first-order valence-electron chi connectivity index (χ1n) is 5.42. The number of esters is 1. The van der Waals surface area contributed by atoms with E-state index in [1.54, 1.807) is 6.92 Å². The Morgan fingerprint density at radius 2 is 2.15 bits per heavy atom. The Balaban J connectivity index is 3.05. The lowest BCUT2D eigenvalue weighted by Crippen LogP contribution is -2.19. The van der Waals surface area contributed by atoms with E-state index < -0.39 is 18.2 Å². The summed E-state index contributed by atoms with van der Waals surface area (Å²) < 4.78 is 45.6. The summed E-state index contributed by atoms with van der Waals surface area (Å²) in [6.45, 7) is 1.91. The van der Waals surface area contributed by atoms with Crippen LogP contribution in [0, 0.1) is 3.57 Å². The molecule has 0 saturated carbocycles. The molecule has 0 bridgehead atoms. The number of ether oxygens (including phenoxy) is 2. The molecular formula is C11H10BrF3INO3. The second-order valence-corrected chi connectivity index (χ2v) is 5.25. The minimum absolute atomic E-state index is 0.0493. The predicted octanol–water partition coefficient (Wildman–Crippen LogP) is 3.59. The molecule has 0 spiro atoms. The molecule has 0 amide bonds. The SMILES string of the molecule is CCOC(=O)Cc1c(I)cc(OC(F)(F)F)nc1CBr. The summed E-state index contributed by atoms with van der Waals surface area (Å²) in [6.07, 6.45) is -4.85. The molecule has 1 aromatic heterocycles. The van der Waals surface area contributed by atoms with E-state index in [0.29, 0.717) is 14.8 Å². The summed E-state index contributed by atoms with van der Waals surface area (Å²) in [6, 6.07) is 1.13. The molecule has 0 N–H and O–H groups in total. The van der Waals surface area contributed by atoms with Crippen molar-refractivity contribution in [1.82, 2.24) is 4.98 Å². The third-order valence-electron chi connectivity index (χ3n) is 2.11. The summed E-state index contributed by atoms with van der Waals surface area (Å²) in [4.78, 5) is 15.2. The molecule has 112 valence electrons. The molecule has 0 saturated heterocycles. The molecule has 0 fully saturated rings. The second kappa shape index (κ2) is 7.43. The average molecular weight is 468 g/mol. The Hall–Kier alpha value is -0.580. The van der Waals surface area contributed by atoms with Crippen molar-refractivity contribution in [3.05, 3.63) is 20.9 Å². The first-order chi connectivity index (χ1) is 9.26. The van der Waals surface area contributed by atoms with Gasteiger partial charge < -0.3 is 9.47 Å². The van der Waals surface area contributed by atoms with Crippen LogP contribution in [0.4, 0.5) is 13.2 Å². The zero-order valence-electron chi connectivity index (χ0n) is 10.3. The van der Waals surface area contributed by atoms with Crippen LogP contribution in [0.5, 0.6) is 5.88 Å². The van der Waals surface area contributed by atoms with Gasteiger partial charge in [0.2, 0.25) is 5.88 Å². The Bertz CT molecular complexity index is 497. The normalized spacial score (nSPS) is 11.3. The Labute approximate surface area is 135 Å². The van der Waals surface area contributed by atoms with Crippen LogP contribution in [0.3, 0.4) is 0 Å². The highest BCUT2D eigenvalue weighted by Crippen LogP contribution is 2.27. The number of nitrogens with zero attached hydrogens (tertiary/aromatic N) is 1. The summed E-state index contributed by atoms with van der Waals surface area (Å²) in [5.74, 6) is -1.01. The van der Waals surface area contributed by atoms with Crippen molar-refractivity contribution in [2.75, 3.05) is 6.61 Å². The highest BCUT2D eigenvalue weighted by atomic mass is 127. The van der Waals surface area contributed by atoms with Crippen LogP contribution in [-0.4, -0.2) is 23.9 Å². The van der Waals surface area contributed by atoms with Crippen molar-refractivity contribution in [3.63, 3.8) is 0 Å². The maximum atomic E-state index is 12.2. The van der Waals surface area contributed by atoms with Crippen molar-refractivity contribution in [2.45, 2.75) is 25.0 Å². The van der Waals surface area contributed by atoms with Gasteiger partial charge in [0, 0.05) is 15.0 Å². The molecule has 0 aliphatic heterocycles. The standard InChI is InChI=1S/C11H10BrF3INO3/c1-2-19-10(18)3-6-7(16)4-9(17-8(6)5-12)20-11(13,14)15/h4H,2-3,5H2,1H3. The fourth-order valence-corrected chi connectivity index (χ4v) is 2.62. The van der Waals surface area contributed by atoms with Gasteiger partial charge in [-0.1, -0.05) is 15.9 Å². The summed E-state index contributed by atoms with van der Waals surface area (Å²) in [5, 5.41) is 0.201. The molecule has 1 aromatic rings. The predicted molar refractivity (Wildman–Crippen MR) is 76.6 cm³/mol. The van der Waals surface area contributed by atoms with E-state index in [4.69, 9.17) is 4.74 Å². The largest absolute Gasteiger partial charge is 0.574 e. The van der Waals surface area contributed by atoms with Gasteiger partial charge in [0.25, 0.3) is 0 Å². The van der Waals surface area contributed by atoms with Gasteiger partial charge >= 0.3 is 12.3 Å². The van der Waals surface area contributed by atoms with Gasteiger partial charge in [0.15, 0.2) is 0 Å². The van der Waals surface area contributed by atoms with E-state index in [0.717, 1.165) is 6.07 Å². The topological polar surface area (TPSA) is 48.4 Å². The van der Waals surface area contributed by atoms with Gasteiger partial charge in [-0.05, 0) is 35.1 Å². The zero-order valence-corrected chi connectivity index (χ0v) is 14.0. The molecule has 0 aliphatic carbocycles. The number of carbonyl (C=O) groups excluding carboxylic acids is 1. The number of rotatable bonds is 5. The maximum Gasteiger partial charge on any atom is 0.574 e. The molecule has 1 heterocycles. The Morgan fingerprint density at radius 1 is 1.50 bits per heavy atom. The second-order valence-electron chi connectivity index (χ2n) is 3.53. The molecule has 0 unspecified atom stereocenters. The van der Waals surface area contributed by atoms with Crippen molar-refractivity contribution in [2.24, 2.45) is 0 Å². The van der Waals surface area contributed by atoms with Crippen LogP contribution in [0.15, 0.2) is 6.07 Å². The number of hydrogen-bond donors (Lipinski definition) is 0. The number of pyridine rings is 1. The van der Waals surface area contributed by atoms with Crippen molar-refractivity contribution in [1.29, 1.82) is 0 Å². The minimum atomic E-state index is -4.80. The van der Waals surface area contributed by atoms with Gasteiger partial charge in [0.1, 0.15) is 0 Å². The lowest BCUT2D eigenvalue weighted by atomic mass is 10.1. The molecule has 20 heavy (non-hydrogen) atoms. The monoisotopic (exact) mass is 467 g/mol. The van der Waals surface area contributed by atoms with Gasteiger partial charge in [0.05, 0.1) is 18.7 Å². The van der Waals surface area contributed by atoms with Crippen LogP contribution in [-0.2, 0) is 21.3 Å². The van der Waals surface area contributed by atoms with Crippen LogP contribution in [0.25, 0.3) is 0 Å². The molecule has 0 aliphatic rings. The van der Waals surface area contributed by atoms with Crippen LogP contribution in [0.2, 0.25) is 0 Å². The highest BCUT2D eigenvalue weighted by Gasteiger charge is 2.32. The van der Waals surface area contributed by atoms with Gasteiger partial charge in [-0.3, -0.25) is 4.79 Å². The minimum Gasteiger partial charge on any atom is -0.466 e. The molecule has 0 aromatic carbocycles. The summed E-state index contributed by atoms with van der Waals surface area (Å²) >= 11 is 4.96. The fraction of sp³-hybridized carbons (Fsp3) is 0.455. The lowest BCUT2D eigenvalue weighted by Gasteiger charge is -2.13. The molecular weight excluding hydrogens is 458 g/mol. The highest BCUT2D eigenvalue weighted by molar-refractivity contribution is 14.1. The number of carbonyl (C=O) groups is 1. The quantitative estimate of drug-likeness (QED) is 0.377. The van der Waals surface area contributed by atoms with E-state index in [1.807, 2.05) is 22.6 Å². The van der Waals surface area contributed by atoms with Crippen molar-refractivity contribution in [3.8, 4) is 5.88 Å². The lowest BCUT2D eigenvalue weighted by molar-refractivity contribution is -0.276. The summed E-state index contributed by atoms with van der Waals surface area (Å²) in [5.41, 5.74) is 0.833. The number of aromatic nitrogens is 1. The molecule has 0 atom stereocenters. The zero-order chi connectivity index (χ0) is 15.3. The van der Waals surface area contributed by atoms with E-state index in [2.05, 4.69) is 25.7 Å². The number of hydrogen-bond acceptors (Lipinski definition) is 4. The first kappa shape index (κ1) is 17.5. The van der Waals surface area contributed by atoms with E-state index >= 15 is 0 Å². The van der Waals surface area contributed by atoms with Crippen LogP contribution >= 0.6 is 38.5 Å². The third kappa shape index (κ3) is 5.43. The maximum absolute atomic E-state index is 12.2. The van der Waals surface area contributed by atoms with E-state index in [9.17, 15) is 18.0 Å². The average Bonchev–Trinajstić information content (AvgIpc) is 2.30. The number of halogens is 5. The number of alkyl halides is 4.